The van der Waals surface area contributed by atoms with Gasteiger partial charge < -0.3 is 5.11 Å². The van der Waals surface area contributed by atoms with E-state index >= 15 is 0 Å². The summed E-state index contributed by atoms with van der Waals surface area (Å²) in [5.41, 5.74) is 0. The molecule has 0 saturated carbocycles. The smallest absolute Gasteiger partial charge is 0.308 e. The van der Waals surface area contributed by atoms with Crippen LogP contribution in [0.1, 0.15) is 4.88 Å². The van der Waals surface area contributed by atoms with Crippen molar-refractivity contribution in [3.8, 4) is 0 Å². The van der Waals surface area contributed by atoms with Crippen molar-refractivity contribution in [3.05, 3.63) is 34.2 Å². The lowest BCUT2D eigenvalue weighted by Gasteiger charge is -1.89. The molecule has 2 aromatic rings. The summed E-state index contributed by atoms with van der Waals surface area (Å²) in [4.78, 5) is 11.3. The number of carboxylic acid groups (broad SMARTS) is 1. The van der Waals surface area contributed by atoms with Gasteiger partial charge in [0.25, 0.3) is 0 Å². The fraction of sp³-hybridized carbons (Fsp3) is 0.100. The first-order valence-corrected chi connectivity index (χ1v) is 5.25. The van der Waals surface area contributed by atoms with E-state index < -0.39 is 5.97 Å². The third-order valence-corrected chi connectivity index (χ3v) is 3.48. The minimum atomic E-state index is -0.812. The lowest BCUT2D eigenvalue weighted by Crippen LogP contribution is -1.96. The van der Waals surface area contributed by atoms with E-state index in [1.54, 1.807) is 0 Å². The number of rotatable bonds is 2. The number of fused-ring (bicyclic) bond motifs is 1. The van der Waals surface area contributed by atoms with Crippen LogP contribution in [0.25, 0.3) is 10.1 Å². The van der Waals surface area contributed by atoms with Crippen LogP contribution >= 0.6 is 22.9 Å². The Morgan fingerprint density at radius 3 is 2.93 bits per heavy atom. The summed E-state index contributed by atoms with van der Waals surface area (Å²) in [7, 11) is 0. The van der Waals surface area contributed by atoms with Gasteiger partial charge in [-0.2, -0.15) is 0 Å². The van der Waals surface area contributed by atoms with Crippen molar-refractivity contribution in [2.24, 2.45) is 0 Å². The molecule has 0 unspecified atom stereocenters. The molecule has 1 heterocycles. The largest absolute Gasteiger partial charge is 0.481 e. The lowest BCUT2D eigenvalue weighted by atomic mass is 10.2. The van der Waals surface area contributed by atoms with Crippen molar-refractivity contribution in [2.45, 2.75) is 6.42 Å². The van der Waals surface area contributed by atoms with Crippen LogP contribution in [-0.2, 0) is 11.2 Å². The highest BCUT2D eigenvalue weighted by molar-refractivity contribution is 7.19. The number of benzene rings is 1. The van der Waals surface area contributed by atoms with Crippen LogP contribution in [0.4, 0.5) is 0 Å². The van der Waals surface area contributed by atoms with Crippen LogP contribution < -0.4 is 0 Å². The first kappa shape index (κ1) is 9.49. The third kappa shape index (κ3) is 1.74. The summed E-state index contributed by atoms with van der Waals surface area (Å²) in [5.74, 6) is -0.812. The molecule has 0 bridgehead atoms. The van der Waals surface area contributed by atoms with Crippen LogP contribution in [0.3, 0.4) is 0 Å². The Hall–Kier alpha value is -1.06. The van der Waals surface area contributed by atoms with E-state index in [4.69, 9.17) is 16.7 Å². The van der Waals surface area contributed by atoms with Gasteiger partial charge in [0.2, 0.25) is 0 Å². The molecule has 0 amide bonds. The normalized spacial score (nSPS) is 10.6. The van der Waals surface area contributed by atoms with Crippen LogP contribution in [0.5, 0.6) is 0 Å². The van der Waals surface area contributed by atoms with Gasteiger partial charge in [-0.25, -0.2) is 0 Å². The summed E-state index contributed by atoms with van der Waals surface area (Å²) in [6.07, 6.45) is 0.0652. The summed E-state index contributed by atoms with van der Waals surface area (Å²) in [5, 5.41) is 10.3. The zero-order valence-corrected chi connectivity index (χ0v) is 8.73. The SMILES string of the molecule is O=C(O)Cc1cc2cccc(Cl)c2s1. The van der Waals surface area contributed by atoms with Crippen molar-refractivity contribution in [3.63, 3.8) is 0 Å². The zero-order chi connectivity index (χ0) is 10.1. The Balaban J connectivity index is 2.51. The Morgan fingerprint density at radius 1 is 1.50 bits per heavy atom. The molecule has 2 rings (SSSR count). The minimum absolute atomic E-state index is 0.0652. The molecule has 0 fully saturated rings. The molecular formula is C10H7ClO2S. The molecule has 0 aliphatic heterocycles. The monoisotopic (exact) mass is 226 g/mol. The molecule has 1 aromatic carbocycles. The van der Waals surface area contributed by atoms with E-state index in [1.165, 1.54) is 11.3 Å². The van der Waals surface area contributed by atoms with Gasteiger partial charge in [0, 0.05) is 4.88 Å². The zero-order valence-electron chi connectivity index (χ0n) is 7.16. The van der Waals surface area contributed by atoms with E-state index in [0.29, 0.717) is 5.02 Å². The van der Waals surface area contributed by atoms with Crippen molar-refractivity contribution in [1.82, 2.24) is 0 Å². The molecular weight excluding hydrogens is 220 g/mol. The third-order valence-electron chi connectivity index (χ3n) is 1.87. The highest BCUT2D eigenvalue weighted by Crippen LogP contribution is 2.31. The molecule has 1 aromatic heterocycles. The number of carboxylic acids is 1. The highest BCUT2D eigenvalue weighted by Gasteiger charge is 2.07. The van der Waals surface area contributed by atoms with Crippen molar-refractivity contribution < 1.29 is 9.90 Å². The Kier molecular flexibility index (Phi) is 2.44. The fourth-order valence-corrected chi connectivity index (χ4v) is 2.67. The van der Waals surface area contributed by atoms with E-state index in [2.05, 4.69) is 0 Å². The second-order valence-corrected chi connectivity index (χ2v) is 4.49. The molecule has 72 valence electrons. The Morgan fingerprint density at radius 2 is 2.29 bits per heavy atom. The van der Waals surface area contributed by atoms with Gasteiger partial charge in [0.1, 0.15) is 0 Å². The second kappa shape index (κ2) is 3.59. The maximum absolute atomic E-state index is 10.5. The van der Waals surface area contributed by atoms with Crippen molar-refractivity contribution in [1.29, 1.82) is 0 Å². The first-order chi connectivity index (χ1) is 6.66. The molecule has 0 radical (unpaired) electrons. The number of aliphatic carboxylic acids is 1. The number of halogens is 1. The van der Waals surface area contributed by atoms with Gasteiger partial charge in [0.05, 0.1) is 16.1 Å². The molecule has 2 nitrogen and oxygen atoms in total. The maximum atomic E-state index is 10.5. The van der Waals surface area contributed by atoms with Gasteiger partial charge >= 0.3 is 5.97 Å². The van der Waals surface area contributed by atoms with Gasteiger partial charge in [-0.15, -0.1) is 11.3 Å². The van der Waals surface area contributed by atoms with Crippen LogP contribution in [0.2, 0.25) is 5.02 Å². The number of hydrogen-bond donors (Lipinski definition) is 1. The first-order valence-electron chi connectivity index (χ1n) is 4.05. The summed E-state index contributed by atoms with van der Waals surface area (Å²) in [6.45, 7) is 0. The van der Waals surface area contributed by atoms with Gasteiger partial charge in [-0.3, -0.25) is 4.79 Å². The Bertz CT molecular complexity index is 490. The standard InChI is InChI=1S/C10H7ClO2S/c11-8-3-1-2-6-4-7(5-9(12)13)14-10(6)8/h1-4H,5H2,(H,12,13). The second-order valence-electron chi connectivity index (χ2n) is 2.94. The molecule has 0 spiro atoms. The van der Waals surface area contributed by atoms with Crippen LogP contribution in [-0.4, -0.2) is 11.1 Å². The van der Waals surface area contributed by atoms with Gasteiger partial charge in [-0.05, 0) is 17.5 Å². The summed E-state index contributed by atoms with van der Waals surface area (Å²) < 4.78 is 0.963. The van der Waals surface area contributed by atoms with E-state index in [9.17, 15) is 4.79 Å². The van der Waals surface area contributed by atoms with E-state index in [-0.39, 0.29) is 6.42 Å². The van der Waals surface area contributed by atoms with Crippen molar-refractivity contribution >= 4 is 39.0 Å². The number of carbonyl (C=O) groups is 1. The molecule has 1 N–H and O–H groups in total. The van der Waals surface area contributed by atoms with E-state index in [1.807, 2.05) is 24.3 Å². The molecule has 0 saturated heterocycles. The Labute approximate surface area is 89.7 Å². The number of hydrogen-bond acceptors (Lipinski definition) is 2. The highest BCUT2D eigenvalue weighted by atomic mass is 35.5. The number of thiophene rings is 1. The predicted octanol–water partition coefficient (Wildman–Crippen LogP) is 3.18. The molecule has 0 aliphatic rings. The molecule has 4 heteroatoms. The van der Waals surface area contributed by atoms with Crippen LogP contribution in [0, 0.1) is 0 Å². The molecule has 0 atom stereocenters. The summed E-state index contributed by atoms with van der Waals surface area (Å²) in [6, 6.07) is 7.48. The fourth-order valence-electron chi connectivity index (χ4n) is 1.32. The van der Waals surface area contributed by atoms with Crippen molar-refractivity contribution in [2.75, 3.05) is 0 Å². The summed E-state index contributed by atoms with van der Waals surface area (Å²) >= 11 is 7.41. The minimum Gasteiger partial charge on any atom is -0.481 e. The van der Waals surface area contributed by atoms with E-state index in [0.717, 1.165) is 15.0 Å². The molecule has 0 aliphatic carbocycles. The maximum Gasteiger partial charge on any atom is 0.308 e. The topological polar surface area (TPSA) is 37.3 Å². The van der Waals surface area contributed by atoms with Gasteiger partial charge in [0.15, 0.2) is 0 Å². The van der Waals surface area contributed by atoms with Gasteiger partial charge in [-0.1, -0.05) is 23.7 Å². The van der Waals surface area contributed by atoms with Crippen LogP contribution in [0.15, 0.2) is 24.3 Å². The average Bonchev–Trinajstić information content (AvgIpc) is 2.47. The quantitative estimate of drug-likeness (QED) is 0.854. The predicted molar refractivity (Wildman–Crippen MR) is 58.2 cm³/mol. The molecule has 14 heavy (non-hydrogen) atoms. The average molecular weight is 227 g/mol. The lowest BCUT2D eigenvalue weighted by molar-refractivity contribution is -0.136.